The Morgan fingerprint density at radius 2 is 2.14 bits per heavy atom. The highest BCUT2D eigenvalue weighted by molar-refractivity contribution is 5.95. The molecule has 2 N–H and O–H groups in total. The molecule has 1 aromatic heterocycles. The fourth-order valence-corrected chi connectivity index (χ4v) is 2.55. The predicted molar refractivity (Wildman–Crippen MR) is 72.6 cm³/mol. The quantitative estimate of drug-likeness (QED) is 0.902. The van der Waals surface area contributed by atoms with Gasteiger partial charge in [0.2, 0.25) is 5.91 Å². The summed E-state index contributed by atoms with van der Waals surface area (Å²) in [6.45, 7) is 5.27. The molecule has 1 atom stereocenters. The van der Waals surface area contributed by atoms with Crippen molar-refractivity contribution in [2.75, 3.05) is 18.4 Å². The van der Waals surface area contributed by atoms with E-state index in [1.165, 1.54) is 6.07 Å². The maximum Gasteiger partial charge on any atom is 0.433 e. The Labute approximate surface area is 121 Å². The fourth-order valence-electron chi connectivity index (χ4n) is 2.55. The zero-order chi connectivity index (χ0) is 15.7. The van der Waals surface area contributed by atoms with Crippen molar-refractivity contribution >= 4 is 11.6 Å². The molecule has 0 aliphatic carbocycles. The molecule has 1 amide bonds. The van der Waals surface area contributed by atoms with Crippen molar-refractivity contribution in [3.63, 3.8) is 0 Å². The van der Waals surface area contributed by atoms with Gasteiger partial charge in [-0.3, -0.25) is 4.79 Å². The van der Waals surface area contributed by atoms with E-state index >= 15 is 0 Å². The minimum Gasteiger partial charge on any atom is -0.324 e. The van der Waals surface area contributed by atoms with Crippen molar-refractivity contribution in [1.29, 1.82) is 0 Å². The smallest absolute Gasteiger partial charge is 0.324 e. The molecule has 116 valence electrons. The Balaban J connectivity index is 2.12. The highest BCUT2D eigenvalue weighted by atomic mass is 19.4. The molecule has 0 spiro atoms. The third-order valence-corrected chi connectivity index (χ3v) is 4.06. The molecule has 1 aromatic rings. The number of hydrogen-bond acceptors (Lipinski definition) is 3. The number of carbonyl (C=O) groups excluding carboxylic acids is 1. The third kappa shape index (κ3) is 3.18. The molecule has 1 unspecified atom stereocenters. The van der Waals surface area contributed by atoms with Crippen molar-refractivity contribution in [3.05, 3.63) is 24.0 Å². The number of alkyl halides is 3. The molecule has 7 heteroatoms. The summed E-state index contributed by atoms with van der Waals surface area (Å²) in [6.07, 6.45) is -2.72. The van der Waals surface area contributed by atoms with Crippen LogP contribution in [0, 0.1) is 11.3 Å². The van der Waals surface area contributed by atoms with Crippen molar-refractivity contribution in [2.24, 2.45) is 11.3 Å². The zero-order valence-corrected chi connectivity index (χ0v) is 11.9. The second-order valence-electron chi connectivity index (χ2n) is 5.62. The summed E-state index contributed by atoms with van der Waals surface area (Å²) in [7, 11) is 0. The summed E-state index contributed by atoms with van der Waals surface area (Å²) < 4.78 is 37.3. The van der Waals surface area contributed by atoms with Crippen molar-refractivity contribution < 1.29 is 18.0 Å². The molecule has 2 heterocycles. The summed E-state index contributed by atoms with van der Waals surface area (Å²) in [5, 5.41) is 5.84. The van der Waals surface area contributed by atoms with Crippen molar-refractivity contribution in [3.8, 4) is 0 Å². The van der Waals surface area contributed by atoms with E-state index in [2.05, 4.69) is 15.6 Å². The summed E-state index contributed by atoms with van der Waals surface area (Å²) in [4.78, 5) is 15.8. The molecule has 0 aromatic carbocycles. The normalized spacial score (nSPS) is 22.6. The predicted octanol–water partition coefficient (Wildman–Crippen LogP) is 2.67. The zero-order valence-electron chi connectivity index (χ0n) is 11.9. The van der Waals surface area contributed by atoms with Crippen molar-refractivity contribution in [1.82, 2.24) is 10.3 Å². The number of nitrogens with one attached hydrogen (secondary N) is 2. The van der Waals surface area contributed by atoms with Crippen LogP contribution in [0.4, 0.5) is 18.9 Å². The standard InChI is InChI=1S/C14H18F3N3O/c1-9(2)13(5-6-18-8-13)12(21)20-10-3-4-11(19-7-10)14(15,16)17/h3-4,7,9,18H,5-6,8H2,1-2H3,(H,20,21). The number of nitrogens with zero attached hydrogens (tertiary/aromatic N) is 1. The van der Waals surface area contributed by atoms with E-state index in [9.17, 15) is 18.0 Å². The first-order chi connectivity index (χ1) is 9.75. The van der Waals surface area contributed by atoms with Crippen LogP contribution in [-0.2, 0) is 11.0 Å². The number of anilines is 1. The molecule has 1 aliphatic heterocycles. The van der Waals surface area contributed by atoms with Crippen LogP contribution in [0.1, 0.15) is 26.0 Å². The van der Waals surface area contributed by atoms with Crippen LogP contribution in [0.5, 0.6) is 0 Å². The first kappa shape index (κ1) is 15.8. The largest absolute Gasteiger partial charge is 0.433 e. The highest BCUT2D eigenvalue weighted by Crippen LogP contribution is 2.35. The van der Waals surface area contributed by atoms with Crippen LogP contribution in [0.25, 0.3) is 0 Å². The number of aromatic nitrogens is 1. The second-order valence-corrected chi connectivity index (χ2v) is 5.62. The van der Waals surface area contributed by atoms with E-state index in [0.717, 1.165) is 18.8 Å². The lowest BCUT2D eigenvalue weighted by Gasteiger charge is -2.31. The maximum atomic E-state index is 12.5. The molecule has 4 nitrogen and oxygen atoms in total. The Morgan fingerprint density at radius 1 is 1.43 bits per heavy atom. The van der Waals surface area contributed by atoms with E-state index in [1.54, 1.807) is 0 Å². The number of amides is 1. The molecular weight excluding hydrogens is 283 g/mol. The maximum absolute atomic E-state index is 12.5. The first-order valence-corrected chi connectivity index (χ1v) is 6.81. The average Bonchev–Trinajstić information content (AvgIpc) is 2.89. The number of carbonyl (C=O) groups is 1. The average molecular weight is 301 g/mol. The van der Waals surface area contributed by atoms with E-state index in [0.29, 0.717) is 13.0 Å². The minimum absolute atomic E-state index is 0.134. The first-order valence-electron chi connectivity index (χ1n) is 6.81. The second kappa shape index (κ2) is 5.63. The molecular formula is C14H18F3N3O. The van der Waals surface area contributed by atoms with Gasteiger partial charge in [-0.2, -0.15) is 13.2 Å². The van der Waals surface area contributed by atoms with Crippen LogP contribution in [-0.4, -0.2) is 24.0 Å². The van der Waals surface area contributed by atoms with E-state index in [1.807, 2.05) is 13.8 Å². The van der Waals surface area contributed by atoms with Gasteiger partial charge in [0.05, 0.1) is 17.3 Å². The summed E-state index contributed by atoms with van der Waals surface area (Å²) >= 11 is 0. The van der Waals surface area contributed by atoms with Gasteiger partial charge in [0, 0.05) is 6.54 Å². The minimum atomic E-state index is -4.48. The molecule has 0 saturated carbocycles. The lowest BCUT2D eigenvalue weighted by Crippen LogP contribution is -2.42. The fraction of sp³-hybridized carbons (Fsp3) is 0.571. The van der Waals surface area contributed by atoms with Crippen LogP contribution in [0.3, 0.4) is 0 Å². The van der Waals surface area contributed by atoms with Crippen LogP contribution in [0.2, 0.25) is 0 Å². The van der Waals surface area contributed by atoms with Crippen molar-refractivity contribution in [2.45, 2.75) is 26.4 Å². The van der Waals surface area contributed by atoms with E-state index in [-0.39, 0.29) is 17.5 Å². The lowest BCUT2D eigenvalue weighted by atomic mass is 9.75. The summed E-state index contributed by atoms with van der Waals surface area (Å²) in [5.74, 6) is -0.0426. The highest BCUT2D eigenvalue weighted by Gasteiger charge is 2.44. The molecule has 1 aliphatic rings. The lowest BCUT2D eigenvalue weighted by molar-refractivity contribution is -0.141. The number of pyridine rings is 1. The molecule has 0 bridgehead atoms. The number of hydrogen-bond donors (Lipinski definition) is 2. The molecule has 2 rings (SSSR count). The monoisotopic (exact) mass is 301 g/mol. The topological polar surface area (TPSA) is 54.0 Å². The van der Waals surface area contributed by atoms with Gasteiger partial charge in [0.1, 0.15) is 5.69 Å². The van der Waals surface area contributed by atoms with Gasteiger partial charge in [0.15, 0.2) is 0 Å². The Morgan fingerprint density at radius 3 is 2.57 bits per heavy atom. The third-order valence-electron chi connectivity index (χ3n) is 4.06. The molecule has 0 radical (unpaired) electrons. The summed E-state index contributed by atoms with van der Waals surface area (Å²) in [6, 6.07) is 2.09. The van der Waals surface area contributed by atoms with Gasteiger partial charge < -0.3 is 10.6 Å². The molecule has 21 heavy (non-hydrogen) atoms. The van der Waals surface area contributed by atoms with Gasteiger partial charge in [-0.05, 0) is 31.0 Å². The SMILES string of the molecule is CC(C)C1(C(=O)Nc2ccc(C(F)(F)F)nc2)CCNC1. The van der Waals surface area contributed by atoms with Gasteiger partial charge >= 0.3 is 6.18 Å². The summed E-state index contributed by atoms with van der Waals surface area (Å²) in [5.41, 5.74) is -1.22. The number of halogens is 3. The van der Waals surface area contributed by atoms with Crippen LogP contribution in [0.15, 0.2) is 18.3 Å². The molecule has 1 fully saturated rings. The number of rotatable bonds is 3. The van der Waals surface area contributed by atoms with E-state index in [4.69, 9.17) is 0 Å². The van der Waals surface area contributed by atoms with Gasteiger partial charge in [0.25, 0.3) is 0 Å². The molecule has 1 saturated heterocycles. The van der Waals surface area contributed by atoms with Crippen LogP contribution >= 0.6 is 0 Å². The van der Waals surface area contributed by atoms with Crippen LogP contribution < -0.4 is 10.6 Å². The van der Waals surface area contributed by atoms with Gasteiger partial charge in [-0.15, -0.1) is 0 Å². The van der Waals surface area contributed by atoms with Gasteiger partial charge in [-0.25, -0.2) is 4.98 Å². The Bertz CT molecular complexity index is 505. The Kier molecular flexibility index (Phi) is 4.22. The van der Waals surface area contributed by atoms with Gasteiger partial charge in [-0.1, -0.05) is 13.8 Å². The van der Waals surface area contributed by atoms with E-state index < -0.39 is 17.3 Å². The Hall–Kier alpha value is -1.63.